The van der Waals surface area contributed by atoms with Crippen molar-refractivity contribution in [3.63, 3.8) is 0 Å². The zero-order valence-corrected chi connectivity index (χ0v) is 15.7. The third-order valence-corrected chi connectivity index (χ3v) is 4.81. The van der Waals surface area contributed by atoms with E-state index >= 15 is 0 Å². The molecule has 0 unspecified atom stereocenters. The van der Waals surface area contributed by atoms with Gasteiger partial charge in [-0.25, -0.2) is 0 Å². The van der Waals surface area contributed by atoms with Crippen LogP contribution < -0.4 is 5.32 Å². The third-order valence-electron chi connectivity index (χ3n) is 3.78. The lowest BCUT2D eigenvalue weighted by atomic mass is 9.91. The van der Waals surface area contributed by atoms with E-state index < -0.39 is 5.41 Å². The number of hydrogen-bond acceptors (Lipinski definition) is 4. The van der Waals surface area contributed by atoms with Gasteiger partial charge in [-0.15, -0.1) is 0 Å². The highest BCUT2D eigenvalue weighted by Gasteiger charge is 2.30. The van der Waals surface area contributed by atoms with Gasteiger partial charge in [-0.05, 0) is 12.0 Å². The van der Waals surface area contributed by atoms with Crippen LogP contribution >= 0.6 is 11.8 Å². The van der Waals surface area contributed by atoms with Crippen molar-refractivity contribution in [1.82, 2.24) is 10.2 Å². The predicted molar refractivity (Wildman–Crippen MR) is 99.9 cm³/mol. The molecule has 0 spiro atoms. The fourth-order valence-electron chi connectivity index (χ4n) is 2.22. The first kappa shape index (κ1) is 19.2. The summed E-state index contributed by atoms with van der Waals surface area (Å²) in [4.78, 5) is 37.7. The molecule has 25 heavy (non-hydrogen) atoms. The Morgan fingerprint density at radius 2 is 1.92 bits per heavy atom. The highest BCUT2D eigenvalue weighted by Crippen LogP contribution is 2.30. The van der Waals surface area contributed by atoms with E-state index in [9.17, 15) is 14.4 Å². The lowest BCUT2D eigenvalue weighted by Crippen LogP contribution is -2.38. The number of nitrogens with one attached hydrogen (secondary N) is 1. The number of nitrogens with zero attached hydrogens (tertiary/aromatic N) is 1. The van der Waals surface area contributed by atoms with E-state index in [1.54, 1.807) is 0 Å². The average molecular weight is 360 g/mol. The summed E-state index contributed by atoms with van der Waals surface area (Å²) in [5.41, 5.74) is 0.634. The van der Waals surface area contributed by atoms with Crippen LogP contribution in [0.2, 0.25) is 0 Å². The van der Waals surface area contributed by atoms with Crippen LogP contribution in [0.1, 0.15) is 26.3 Å². The van der Waals surface area contributed by atoms with Gasteiger partial charge in [0.05, 0.1) is 10.8 Å². The second-order valence-corrected chi connectivity index (χ2v) is 7.95. The van der Waals surface area contributed by atoms with Gasteiger partial charge in [0.15, 0.2) is 5.78 Å². The molecule has 134 valence electrons. The fraction of sp³-hybridized carbons (Fsp3) is 0.421. The summed E-state index contributed by atoms with van der Waals surface area (Å²) >= 11 is 1.30. The van der Waals surface area contributed by atoms with Gasteiger partial charge in [-0.2, -0.15) is 0 Å². The van der Waals surface area contributed by atoms with Crippen molar-refractivity contribution in [2.24, 2.45) is 5.41 Å². The molecular weight excluding hydrogens is 336 g/mol. The maximum Gasteiger partial charge on any atom is 0.240 e. The summed E-state index contributed by atoms with van der Waals surface area (Å²) in [5, 5.41) is 3.39. The van der Waals surface area contributed by atoms with Crippen LogP contribution in [0.5, 0.6) is 0 Å². The number of rotatable bonds is 6. The molecule has 5 nitrogen and oxygen atoms in total. The van der Waals surface area contributed by atoms with Gasteiger partial charge in [0.2, 0.25) is 11.8 Å². The molecule has 0 atom stereocenters. The summed E-state index contributed by atoms with van der Waals surface area (Å²) in [6.45, 7) is 5.94. The van der Waals surface area contributed by atoms with Gasteiger partial charge in [0.25, 0.3) is 0 Å². The van der Waals surface area contributed by atoms with Crippen LogP contribution in [-0.4, -0.2) is 41.3 Å². The SMILES string of the molecule is CC(C)(C)C(=O)/C=C1\SCC(=O)N1CC(=O)NCCc1ccccc1. The summed E-state index contributed by atoms with van der Waals surface area (Å²) in [5.74, 6) is -0.156. The molecule has 1 aromatic rings. The number of carbonyl (C=O) groups is 3. The molecule has 1 aliphatic rings. The smallest absolute Gasteiger partial charge is 0.240 e. The largest absolute Gasteiger partial charge is 0.354 e. The van der Waals surface area contributed by atoms with Crippen LogP contribution in [0, 0.1) is 5.41 Å². The maximum atomic E-state index is 12.2. The zero-order chi connectivity index (χ0) is 18.4. The monoisotopic (exact) mass is 360 g/mol. The Morgan fingerprint density at radius 1 is 1.24 bits per heavy atom. The molecule has 0 radical (unpaired) electrons. The Morgan fingerprint density at radius 3 is 2.56 bits per heavy atom. The van der Waals surface area contributed by atoms with Crippen molar-refractivity contribution < 1.29 is 14.4 Å². The van der Waals surface area contributed by atoms with E-state index in [1.807, 2.05) is 51.1 Å². The molecule has 1 aromatic carbocycles. The van der Waals surface area contributed by atoms with Crippen molar-refractivity contribution in [2.45, 2.75) is 27.2 Å². The minimum atomic E-state index is -0.511. The normalized spacial score (nSPS) is 16.4. The lowest BCUT2D eigenvalue weighted by Gasteiger charge is -2.19. The van der Waals surface area contributed by atoms with Crippen LogP contribution in [0.25, 0.3) is 0 Å². The second kappa shape index (κ2) is 8.34. The number of ketones is 1. The fourth-order valence-corrected chi connectivity index (χ4v) is 3.16. The standard InChI is InChI=1S/C19H24N2O3S/c1-19(2,3)15(22)11-18-21(17(24)13-25-18)12-16(23)20-10-9-14-7-5-4-6-8-14/h4-8,11H,9-10,12-13H2,1-3H3,(H,20,23)/b18-11-. The van der Waals surface area contributed by atoms with Gasteiger partial charge in [-0.3, -0.25) is 19.3 Å². The minimum Gasteiger partial charge on any atom is -0.354 e. The quantitative estimate of drug-likeness (QED) is 0.791. The Hall–Kier alpha value is -2.08. The number of allylic oxidation sites excluding steroid dienone is 1. The molecule has 1 aliphatic heterocycles. The van der Waals surface area contributed by atoms with Gasteiger partial charge in [0.1, 0.15) is 6.54 Å². The molecule has 0 aliphatic carbocycles. The van der Waals surface area contributed by atoms with Gasteiger partial charge >= 0.3 is 0 Å². The number of amides is 2. The first-order chi connectivity index (χ1) is 11.8. The Bertz CT molecular complexity index is 678. The molecule has 0 bridgehead atoms. The summed E-state index contributed by atoms with van der Waals surface area (Å²) in [7, 11) is 0. The molecule has 0 aromatic heterocycles. The molecule has 6 heteroatoms. The minimum absolute atomic E-state index is 0.0517. The molecule has 2 rings (SSSR count). The van der Waals surface area contributed by atoms with E-state index in [4.69, 9.17) is 0 Å². The number of thioether (sulfide) groups is 1. The van der Waals surface area contributed by atoms with E-state index in [1.165, 1.54) is 22.7 Å². The van der Waals surface area contributed by atoms with Crippen molar-refractivity contribution in [2.75, 3.05) is 18.8 Å². The van der Waals surface area contributed by atoms with Crippen molar-refractivity contribution >= 4 is 29.4 Å². The van der Waals surface area contributed by atoms with E-state index in [-0.39, 0.29) is 29.9 Å². The van der Waals surface area contributed by atoms with Gasteiger partial charge in [0, 0.05) is 18.0 Å². The highest BCUT2D eigenvalue weighted by molar-refractivity contribution is 8.04. The van der Waals surface area contributed by atoms with Crippen molar-refractivity contribution in [3.05, 3.63) is 47.0 Å². The summed E-state index contributed by atoms with van der Waals surface area (Å²) in [6, 6.07) is 9.88. The average Bonchev–Trinajstić information content (AvgIpc) is 2.88. The van der Waals surface area contributed by atoms with E-state index in [2.05, 4.69) is 5.32 Å². The van der Waals surface area contributed by atoms with Crippen LogP contribution in [0.3, 0.4) is 0 Å². The Labute approximate surface area is 152 Å². The van der Waals surface area contributed by atoms with Crippen molar-refractivity contribution in [1.29, 1.82) is 0 Å². The first-order valence-corrected chi connectivity index (χ1v) is 9.26. The second-order valence-electron chi connectivity index (χ2n) is 6.95. The van der Waals surface area contributed by atoms with Gasteiger partial charge in [-0.1, -0.05) is 62.9 Å². The molecule has 1 saturated heterocycles. The maximum absolute atomic E-state index is 12.2. The highest BCUT2D eigenvalue weighted by atomic mass is 32.2. The molecule has 1 fully saturated rings. The number of carbonyl (C=O) groups excluding carboxylic acids is 3. The topological polar surface area (TPSA) is 66.5 Å². The molecule has 1 heterocycles. The number of hydrogen-bond donors (Lipinski definition) is 1. The molecule has 1 N–H and O–H groups in total. The Balaban J connectivity index is 1.90. The number of benzene rings is 1. The molecule has 0 saturated carbocycles. The summed E-state index contributed by atoms with van der Waals surface area (Å²) < 4.78 is 0. The zero-order valence-electron chi connectivity index (χ0n) is 14.9. The van der Waals surface area contributed by atoms with Crippen LogP contribution in [0.4, 0.5) is 0 Å². The lowest BCUT2D eigenvalue weighted by molar-refractivity contribution is -0.131. The van der Waals surface area contributed by atoms with Crippen molar-refractivity contribution in [3.8, 4) is 0 Å². The van der Waals surface area contributed by atoms with Gasteiger partial charge < -0.3 is 5.32 Å². The third kappa shape index (κ3) is 5.74. The van der Waals surface area contributed by atoms with E-state index in [0.717, 1.165) is 12.0 Å². The first-order valence-electron chi connectivity index (χ1n) is 8.27. The summed E-state index contributed by atoms with van der Waals surface area (Å²) in [6.07, 6.45) is 2.22. The van der Waals surface area contributed by atoms with Crippen LogP contribution in [-0.2, 0) is 20.8 Å². The van der Waals surface area contributed by atoms with Crippen LogP contribution in [0.15, 0.2) is 41.4 Å². The van der Waals surface area contributed by atoms with E-state index in [0.29, 0.717) is 11.6 Å². The molecule has 2 amide bonds. The predicted octanol–water partition coefficient (Wildman–Crippen LogP) is 2.38. The Kier molecular flexibility index (Phi) is 6.42. The molecular formula is C19H24N2O3S.